The largest absolute Gasteiger partial charge is 0.383 e. The number of anilines is 2. The van der Waals surface area contributed by atoms with Crippen LogP contribution < -0.4 is 10.6 Å². The van der Waals surface area contributed by atoms with Crippen LogP contribution in [0, 0.1) is 10.1 Å². The van der Waals surface area contributed by atoms with Gasteiger partial charge in [0.2, 0.25) is 0 Å². The highest BCUT2D eigenvalue weighted by molar-refractivity contribution is 5.54. The maximum absolute atomic E-state index is 10.9. The number of nitro groups is 1. The predicted molar refractivity (Wildman–Crippen MR) is 72.2 cm³/mol. The van der Waals surface area contributed by atoms with E-state index in [0.29, 0.717) is 12.4 Å². The van der Waals surface area contributed by atoms with Gasteiger partial charge in [0.15, 0.2) is 0 Å². The van der Waals surface area contributed by atoms with Crippen LogP contribution in [0.15, 0.2) is 12.1 Å². The van der Waals surface area contributed by atoms with Crippen molar-refractivity contribution in [2.75, 3.05) is 30.8 Å². The molecular formula is C12H18N4O3. The summed E-state index contributed by atoms with van der Waals surface area (Å²) in [6.45, 7) is 3.48. The summed E-state index contributed by atoms with van der Waals surface area (Å²) in [4.78, 5) is 16.6. The highest BCUT2D eigenvalue weighted by Gasteiger charge is 2.32. The Balaban J connectivity index is 2.28. The second kappa shape index (κ2) is 5.00. The first kappa shape index (κ1) is 13.5. The van der Waals surface area contributed by atoms with Crippen LogP contribution >= 0.6 is 0 Å². The summed E-state index contributed by atoms with van der Waals surface area (Å²) in [7, 11) is 1.68. The second-order valence-corrected chi connectivity index (χ2v) is 5.04. The number of hydrogen-bond donors (Lipinski definition) is 1. The van der Waals surface area contributed by atoms with Crippen molar-refractivity contribution in [2.24, 2.45) is 0 Å². The monoisotopic (exact) mass is 266 g/mol. The maximum Gasteiger partial charge on any atom is 0.276 e. The average Bonchev–Trinajstić information content (AvgIpc) is 2.38. The van der Waals surface area contributed by atoms with Crippen LogP contribution in [-0.2, 0) is 4.74 Å². The number of piperidine rings is 1. The van der Waals surface area contributed by atoms with Crippen molar-refractivity contribution in [3.63, 3.8) is 0 Å². The first-order valence-corrected chi connectivity index (χ1v) is 6.15. The van der Waals surface area contributed by atoms with Crippen molar-refractivity contribution in [1.29, 1.82) is 0 Å². The molecule has 1 saturated heterocycles. The fraction of sp³-hybridized carbons (Fsp3) is 0.583. The van der Waals surface area contributed by atoms with E-state index in [9.17, 15) is 10.1 Å². The zero-order chi connectivity index (χ0) is 14.0. The fourth-order valence-corrected chi connectivity index (χ4v) is 2.36. The molecule has 0 amide bonds. The molecule has 1 atom stereocenters. The average molecular weight is 266 g/mol. The van der Waals surface area contributed by atoms with Crippen molar-refractivity contribution < 1.29 is 9.66 Å². The Morgan fingerprint density at radius 3 is 2.95 bits per heavy atom. The van der Waals surface area contributed by atoms with Crippen molar-refractivity contribution in [1.82, 2.24) is 4.98 Å². The normalized spacial score (nSPS) is 23.4. The van der Waals surface area contributed by atoms with Gasteiger partial charge in [-0.25, -0.2) is 4.98 Å². The summed E-state index contributed by atoms with van der Waals surface area (Å²) in [6.07, 6.45) is 1.92. The molecule has 0 saturated carbocycles. The van der Waals surface area contributed by atoms with Gasteiger partial charge in [-0.2, -0.15) is 0 Å². The molecule has 2 rings (SSSR count). The lowest BCUT2D eigenvalue weighted by molar-refractivity contribution is -0.384. The van der Waals surface area contributed by atoms with Gasteiger partial charge in [0.25, 0.3) is 5.69 Å². The molecule has 0 aliphatic carbocycles. The number of ether oxygens (including phenoxy) is 1. The third-order valence-corrected chi connectivity index (χ3v) is 3.50. The Morgan fingerprint density at radius 1 is 1.58 bits per heavy atom. The smallest absolute Gasteiger partial charge is 0.276 e. The molecular weight excluding hydrogens is 248 g/mol. The van der Waals surface area contributed by atoms with Gasteiger partial charge < -0.3 is 15.4 Å². The zero-order valence-corrected chi connectivity index (χ0v) is 11.1. The molecule has 0 radical (unpaired) electrons. The molecule has 19 heavy (non-hydrogen) atoms. The number of rotatable bonds is 3. The van der Waals surface area contributed by atoms with Gasteiger partial charge in [0.1, 0.15) is 11.6 Å². The fourth-order valence-electron chi connectivity index (χ4n) is 2.36. The molecule has 1 aliphatic rings. The Morgan fingerprint density at radius 2 is 2.32 bits per heavy atom. The van der Waals surface area contributed by atoms with Gasteiger partial charge in [0, 0.05) is 20.2 Å². The minimum atomic E-state index is -0.457. The molecule has 1 aromatic rings. The lowest BCUT2D eigenvalue weighted by Crippen LogP contribution is -2.47. The summed E-state index contributed by atoms with van der Waals surface area (Å²) >= 11 is 0. The van der Waals surface area contributed by atoms with E-state index in [-0.39, 0.29) is 17.1 Å². The van der Waals surface area contributed by atoms with Crippen LogP contribution in [0.4, 0.5) is 17.3 Å². The molecule has 0 bridgehead atoms. The Hall–Kier alpha value is -1.89. The molecule has 7 nitrogen and oxygen atoms in total. The van der Waals surface area contributed by atoms with Crippen molar-refractivity contribution in [2.45, 2.75) is 25.4 Å². The van der Waals surface area contributed by atoms with Gasteiger partial charge in [-0.05, 0) is 19.8 Å². The number of aromatic nitrogens is 1. The summed E-state index contributed by atoms with van der Waals surface area (Å²) in [5.74, 6) is 0.698. The topological polar surface area (TPSA) is 94.5 Å². The number of nitrogens with two attached hydrogens (primary N) is 1. The lowest BCUT2D eigenvalue weighted by atomic mass is 9.95. The molecule has 1 aliphatic heterocycles. The number of nitrogen functional groups attached to an aromatic ring is 1. The molecule has 7 heteroatoms. The molecule has 1 unspecified atom stereocenters. The van der Waals surface area contributed by atoms with Crippen molar-refractivity contribution in [3.8, 4) is 0 Å². The molecule has 104 valence electrons. The first-order valence-electron chi connectivity index (χ1n) is 6.15. The van der Waals surface area contributed by atoms with Gasteiger partial charge >= 0.3 is 0 Å². The molecule has 2 N–H and O–H groups in total. The number of pyridine rings is 1. The van der Waals surface area contributed by atoms with Gasteiger partial charge in [-0.1, -0.05) is 0 Å². The summed E-state index contributed by atoms with van der Waals surface area (Å²) in [6, 6.07) is 2.72. The van der Waals surface area contributed by atoms with E-state index in [1.807, 2.05) is 11.8 Å². The van der Waals surface area contributed by atoms with E-state index in [1.54, 1.807) is 7.11 Å². The van der Waals surface area contributed by atoms with Gasteiger partial charge in [0.05, 0.1) is 22.7 Å². The number of methoxy groups -OCH3 is 1. The number of hydrogen-bond acceptors (Lipinski definition) is 6. The minimum absolute atomic E-state index is 0.0350. The van der Waals surface area contributed by atoms with E-state index in [1.165, 1.54) is 12.1 Å². The molecule has 1 fully saturated rings. The first-order chi connectivity index (χ1) is 8.93. The van der Waals surface area contributed by atoms with E-state index in [0.717, 1.165) is 19.4 Å². The maximum atomic E-state index is 10.9. The highest BCUT2D eigenvalue weighted by atomic mass is 16.6. The van der Waals surface area contributed by atoms with E-state index < -0.39 is 4.92 Å². The Labute approximate surface area is 111 Å². The van der Waals surface area contributed by atoms with Gasteiger partial charge in [-0.3, -0.25) is 10.1 Å². The second-order valence-electron chi connectivity index (χ2n) is 5.04. The zero-order valence-electron chi connectivity index (χ0n) is 11.1. The Kier molecular flexibility index (Phi) is 3.57. The third kappa shape index (κ3) is 2.93. The van der Waals surface area contributed by atoms with Crippen LogP contribution in [-0.4, -0.2) is 35.7 Å². The number of nitrogens with zero attached hydrogens (tertiary/aromatic N) is 3. The van der Waals surface area contributed by atoms with E-state index >= 15 is 0 Å². The van der Waals surface area contributed by atoms with E-state index in [4.69, 9.17) is 10.5 Å². The molecule has 0 aromatic carbocycles. The third-order valence-electron chi connectivity index (χ3n) is 3.50. The van der Waals surface area contributed by atoms with E-state index in [2.05, 4.69) is 4.98 Å². The summed E-state index contributed by atoms with van der Waals surface area (Å²) in [5.41, 5.74) is 5.34. The Bertz CT molecular complexity index is 494. The standard InChI is InChI=1S/C12H18N4O3/c1-12(19-2)4-3-5-15(8-12)11-7-9(16(17)18)6-10(13)14-11/h6-7H,3-5,8H2,1-2H3,(H2,13,14). The minimum Gasteiger partial charge on any atom is -0.383 e. The van der Waals surface area contributed by atoms with Crippen LogP contribution in [0.1, 0.15) is 19.8 Å². The van der Waals surface area contributed by atoms with Crippen LogP contribution in [0.25, 0.3) is 0 Å². The van der Waals surface area contributed by atoms with Gasteiger partial charge in [-0.15, -0.1) is 0 Å². The summed E-state index contributed by atoms with van der Waals surface area (Å²) < 4.78 is 5.50. The molecule has 1 aromatic heterocycles. The van der Waals surface area contributed by atoms with Crippen LogP contribution in [0.3, 0.4) is 0 Å². The lowest BCUT2D eigenvalue weighted by Gasteiger charge is -2.40. The quantitative estimate of drug-likeness (QED) is 0.659. The van der Waals surface area contributed by atoms with Crippen molar-refractivity contribution in [3.05, 3.63) is 22.2 Å². The highest BCUT2D eigenvalue weighted by Crippen LogP contribution is 2.29. The van der Waals surface area contributed by atoms with Crippen LogP contribution in [0.2, 0.25) is 0 Å². The molecule has 0 spiro atoms. The summed E-state index contributed by atoms with van der Waals surface area (Å²) in [5, 5.41) is 10.9. The predicted octanol–water partition coefficient (Wildman–Crippen LogP) is 1.58. The molecule has 2 heterocycles. The SMILES string of the molecule is COC1(C)CCCN(c2cc([N+](=O)[O-])cc(N)n2)C1. The van der Waals surface area contributed by atoms with Crippen LogP contribution in [0.5, 0.6) is 0 Å². The van der Waals surface area contributed by atoms with Crippen molar-refractivity contribution >= 4 is 17.3 Å².